The Balaban J connectivity index is 2.01. The molecule has 0 saturated carbocycles. The zero-order valence-corrected chi connectivity index (χ0v) is 11.8. The molecule has 0 fully saturated rings. The smallest absolute Gasteiger partial charge is 0.224 e. The molecule has 0 atom stereocenters. The van der Waals surface area contributed by atoms with Crippen LogP contribution in [-0.2, 0) is 11.2 Å². The minimum Gasteiger partial charge on any atom is -0.398 e. The lowest BCUT2D eigenvalue weighted by atomic mass is 9.94. The SMILES string of the molecule is Cc1cccc(N)c1C(=O)c1ccc2c(c1)CCC(=O)N2. The van der Waals surface area contributed by atoms with Gasteiger partial charge >= 0.3 is 0 Å². The fourth-order valence-electron chi connectivity index (χ4n) is 2.67. The summed E-state index contributed by atoms with van der Waals surface area (Å²) in [5, 5.41) is 2.81. The van der Waals surface area contributed by atoms with Crippen LogP contribution in [0.4, 0.5) is 11.4 Å². The highest BCUT2D eigenvalue weighted by atomic mass is 16.1. The number of nitrogens with two attached hydrogens (primary N) is 1. The molecule has 1 amide bonds. The molecule has 3 rings (SSSR count). The van der Waals surface area contributed by atoms with Crippen LogP contribution in [0.25, 0.3) is 0 Å². The van der Waals surface area contributed by atoms with Crippen LogP contribution in [-0.4, -0.2) is 11.7 Å². The quantitative estimate of drug-likeness (QED) is 0.656. The van der Waals surface area contributed by atoms with Crippen molar-refractivity contribution in [2.24, 2.45) is 0 Å². The second kappa shape index (κ2) is 5.05. The van der Waals surface area contributed by atoms with Crippen LogP contribution in [0.3, 0.4) is 0 Å². The number of carbonyl (C=O) groups is 2. The molecule has 4 heteroatoms. The van der Waals surface area contributed by atoms with E-state index in [0.717, 1.165) is 16.8 Å². The summed E-state index contributed by atoms with van der Waals surface area (Å²) < 4.78 is 0. The molecule has 2 aromatic rings. The third kappa shape index (κ3) is 2.40. The Kier molecular flexibility index (Phi) is 3.22. The van der Waals surface area contributed by atoms with Gasteiger partial charge in [0, 0.05) is 28.9 Å². The molecule has 1 aliphatic heterocycles. The predicted octanol–water partition coefficient (Wildman–Crippen LogP) is 2.69. The van der Waals surface area contributed by atoms with E-state index in [9.17, 15) is 9.59 Å². The lowest BCUT2D eigenvalue weighted by molar-refractivity contribution is -0.116. The van der Waals surface area contributed by atoms with Crippen molar-refractivity contribution in [2.75, 3.05) is 11.1 Å². The molecule has 2 aromatic carbocycles. The zero-order valence-electron chi connectivity index (χ0n) is 11.8. The maximum Gasteiger partial charge on any atom is 0.224 e. The van der Waals surface area contributed by atoms with Gasteiger partial charge in [-0.05, 0) is 48.7 Å². The van der Waals surface area contributed by atoms with Gasteiger partial charge in [0.2, 0.25) is 5.91 Å². The second-order valence-corrected chi connectivity index (χ2v) is 5.29. The van der Waals surface area contributed by atoms with Crippen LogP contribution in [0.1, 0.15) is 33.5 Å². The number of benzene rings is 2. The van der Waals surface area contributed by atoms with Gasteiger partial charge in [0.1, 0.15) is 0 Å². The summed E-state index contributed by atoms with van der Waals surface area (Å²) in [6.45, 7) is 1.88. The van der Waals surface area contributed by atoms with Gasteiger partial charge in [0.25, 0.3) is 0 Å². The van der Waals surface area contributed by atoms with Crippen molar-refractivity contribution < 1.29 is 9.59 Å². The van der Waals surface area contributed by atoms with E-state index >= 15 is 0 Å². The molecule has 4 nitrogen and oxygen atoms in total. The molecule has 0 aromatic heterocycles. The van der Waals surface area contributed by atoms with E-state index in [4.69, 9.17) is 5.73 Å². The number of fused-ring (bicyclic) bond motifs is 1. The Morgan fingerprint density at radius 3 is 2.76 bits per heavy atom. The molecule has 0 aliphatic carbocycles. The number of amides is 1. The number of aryl methyl sites for hydroxylation is 2. The molecule has 0 bridgehead atoms. The zero-order chi connectivity index (χ0) is 15.0. The molecule has 0 saturated heterocycles. The Hall–Kier alpha value is -2.62. The summed E-state index contributed by atoms with van der Waals surface area (Å²) in [5.41, 5.74) is 10.2. The van der Waals surface area contributed by atoms with Gasteiger partial charge in [-0.2, -0.15) is 0 Å². The van der Waals surface area contributed by atoms with Gasteiger partial charge in [-0.3, -0.25) is 9.59 Å². The number of nitrogens with one attached hydrogen (secondary N) is 1. The summed E-state index contributed by atoms with van der Waals surface area (Å²) in [6.07, 6.45) is 1.11. The number of hydrogen-bond acceptors (Lipinski definition) is 3. The Morgan fingerprint density at radius 2 is 2.00 bits per heavy atom. The number of ketones is 1. The molecule has 1 heterocycles. The molecule has 0 radical (unpaired) electrons. The molecule has 106 valence electrons. The number of anilines is 2. The molecular formula is C17H16N2O2. The number of nitrogen functional groups attached to an aromatic ring is 1. The standard InChI is InChI=1S/C17H16N2O2/c1-10-3-2-4-13(18)16(10)17(21)12-5-7-14-11(9-12)6-8-15(20)19-14/h2-5,7,9H,6,8,18H2,1H3,(H,19,20). The first-order chi connectivity index (χ1) is 10.1. The van der Waals surface area contributed by atoms with E-state index in [-0.39, 0.29) is 11.7 Å². The lowest BCUT2D eigenvalue weighted by Crippen LogP contribution is -2.19. The van der Waals surface area contributed by atoms with E-state index in [0.29, 0.717) is 29.7 Å². The molecule has 0 unspecified atom stereocenters. The maximum absolute atomic E-state index is 12.7. The average Bonchev–Trinajstić information content (AvgIpc) is 2.46. The first kappa shape index (κ1) is 13.4. The predicted molar refractivity (Wildman–Crippen MR) is 82.4 cm³/mol. The third-order valence-corrected chi connectivity index (χ3v) is 3.80. The van der Waals surface area contributed by atoms with Crippen molar-refractivity contribution in [3.63, 3.8) is 0 Å². The van der Waals surface area contributed by atoms with E-state index in [1.54, 1.807) is 18.2 Å². The molecule has 1 aliphatic rings. The molecule has 0 spiro atoms. The topological polar surface area (TPSA) is 72.2 Å². The molecular weight excluding hydrogens is 264 g/mol. The van der Waals surface area contributed by atoms with Crippen LogP contribution >= 0.6 is 0 Å². The fourth-order valence-corrected chi connectivity index (χ4v) is 2.67. The van der Waals surface area contributed by atoms with E-state index in [2.05, 4.69) is 5.32 Å². The number of hydrogen-bond donors (Lipinski definition) is 2. The van der Waals surface area contributed by atoms with Gasteiger partial charge in [-0.15, -0.1) is 0 Å². The van der Waals surface area contributed by atoms with E-state index in [1.165, 1.54) is 0 Å². The van der Waals surface area contributed by atoms with Crippen LogP contribution in [0.2, 0.25) is 0 Å². The van der Waals surface area contributed by atoms with Crippen molar-refractivity contribution in [3.05, 3.63) is 58.7 Å². The first-order valence-corrected chi connectivity index (χ1v) is 6.89. The summed E-state index contributed by atoms with van der Waals surface area (Å²) in [4.78, 5) is 24.0. The van der Waals surface area contributed by atoms with Crippen LogP contribution in [0.15, 0.2) is 36.4 Å². The van der Waals surface area contributed by atoms with Gasteiger partial charge in [0.05, 0.1) is 0 Å². The highest BCUT2D eigenvalue weighted by molar-refractivity contribution is 6.13. The van der Waals surface area contributed by atoms with Crippen molar-refractivity contribution in [3.8, 4) is 0 Å². The summed E-state index contributed by atoms with van der Waals surface area (Å²) in [6, 6.07) is 10.8. The highest BCUT2D eigenvalue weighted by Gasteiger charge is 2.19. The number of carbonyl (C=O) groups excluding carboxylic acids is 2. The van der Waals surface area contributed by atoms with Crippen molar-refractivity contribution >= 4 is 23.1 Å². The minimum absolute atomic E-state index is 0.0183. The van der Waals surface area contributed by atoms with Gasteiger partial charge in [-0.25, -0.2) is 0 Å². The second-order valence-electron chi connectivity index (χ2n) is 5.29. The third-order valence-electron chi connectivity index (χ3n) is 3.80. The number of rotatable bonds is 2. The Bertz CT molecular complexity index is 730. The van der Waals surface area contributed by atoms with E-state index in [1.807, 2.05) is 25.1 Å². The molecule has 21 heavy (non-hydrogen) atoms. The van der Waals surface area contributed by atoms with E-state index < -0.39 is 0 Å². The monoisotopic (exact) mass is 280 g/mol. The summed E-state index contributed by atoms with van der Waals surface area (Å²) in [5.74, 6) is -0.0602. The largest absolute Gasteiger partial charge is 0.398 e. The van der Waals surface area contributed by atoms with Crippen molar-refractivity contribution in [2.45, 2.75) is 19.8 Å². The summed E-state index contributed by atoms with van der Waals surface area (Å²) in [7, 11) is 0. The lowest BCUT2D eigenvalue weighted by Gasteiger charge is -2.17. The minimum atomic E-state index is -0.0784. The highest BCUT2D eigenvalue weighted by Crippen LogP contribution is 2.26. The van der Waals surface area contributed by atoms with Crippen molar-refractivity contribution in [1.82, 2.24) is 0 Å². The normalized spacial score (nSPS) is 13.5. The Labute approximate surface area is 123 Å². The summed E-state index contributed by atoms with van der Waals surface area (Å²) >= 11 is 0. The van der Waals surface area contributed by atoms with Gasteiger partial charge in [-0.1, -0.05) is 12.1 Å². The van der Waals surface area contributed by atoms with Crippen molar-refractivity contribution in [1.29, 1.82) is 0 Å². The maximum atomic E-state index is 12.7. The average molecular weight is 280 g/mol. The Morgan fingerprint density at radius 1 is 1.19 bits per heavy atom. The fraction of sp³-hybridized carbons (Fsp3) is 0.176. The van der Waals surface area contributed by atoms with Crippen LogP contribution in [0, 0.1) is 6.92 Å². The first-order valence-electron chi connectivity index (χ1n) is 6.89. The van der Waals surface area contributed by atoms with Gasteiger partial charge in [0.15, 0.2) is 5.78 Å². The van der Waals surface area contributed by atoms with Crippen LogP contribution < -0.4 is 11.1 Å². The van der Waals surface area contributed by atoms with Crippen LogP contribution in [0.5, 0.6) is 0 Å². The molecule has 3 N–H and O–H groups in total. The van der Waals surface area contributed by atoms with Gasteiger partial charge < -0.3 is 11.1 Å².